The van der Waals surface area contributed by atoms with E-state index in [0.29, 0.717) is 0 Å². The summed E-state index contributed by atoms with van der Waals surface area (Å²) in [4.78, 5) is 45.6. The second-order valence-corrected chi connectivity index (χ2v) is 5.31. The van der Waals surface area contributed by atoms with Crippen LogP contribution in [0.5, 0.6) is 0 Å². The molecule has 134 valence electrons. The predicted octanol–water partition coefficient (Wildman–Crippen LogP) is 1.57. The molecule has 0 aromatic heterocycles. The van der Waals surface area contributed by atoms with Crippen LogP contribution in [0.25, 0.3) is 0 Å². The molecule has 0 aliphatic rings. The lowest BCUT2D eigenvalue weighted by atomic mass is 10.1. The first-order valence-corrected chi connectivity index (χ1v) is 7.70. The summed E-state index contributed by atoms with van der Waals surface area (Å²) in [6.07, 6.45) is -0.429. The molecule has 0 saturated carbocycles. The van der Waals surface area contributed by atoms with Crippen LogP contribution in [0.4, 0.5) is 5.69 Å². The Bertz CT molecular complexity index is 819. The zero-order chi connectivity index (χ0) is 18.9. The van der Waals surface area contributed by atoms with Crippen molar-refractivity contribution in [2.24, 2.45) is 0 Å². The van der Waals surface area contributed by atoms with Gasteiger partial charge in [0.15, 0.2) is 0 Å². The molecule has 0 radical (unpaired) electrons. The quantitative estimate of drug-likeness (QED) is 0.332. The monoisotopic (exact) mass is 356 g/mol. The lowest BCUT2D eigenvalue weighted by molar-refractivity contribution is -0.385. The molecule has 0 atom stereocenters. The number of ether oxygens (including phenoxy) is 1. The summed E-state index contributed by atoms with van der Waals surface area (Å²) in [5, 5.41) is 13.1. The zero-order valence-electron chi connectivity index (χ0n) is 13.7. The molecule has 8 heteroatoms. The van der Waals surface area contributed by atoms with Gasteiger partial charge in [-0.1, -0.05) is 48.5 Å². The van der Waals surface area contributed by atoms with Crippen LogP contribution in [0.2, 0.25) is 0 Å². The average molecular weight is 356 g/mol. The van der Waals surface area contributed by atoms with Crippen LogP contribution in [0, 0.1) is 10.1 Å². The van der Waals surface area contributed by atoms with Crippen molar-refractivity contribution in [3.63, 3.8) is 0 Å². The SMILES string of the molecule is O=C(CNC(=O)C(=O)Cc1ccccc1[N+](=O)[O-])OCc1ccccc1. The molecule has 8 nitrogen and oxygen atoms in total. The number of hydrogen-bond acceptors (Lipinski definition) is 6. The smallest absolute Gasteiger partial charge is 0.325 e. The summed E-state index contributed by atoms with van der Waals surface area (Å²) < 4.78 is 4.97. The largest absolute Gasteiger partial charge is 0.460 e. The first kappa shape index (κ1) is 18.8. The number of rotatable bonds is 8. The van der Waals surface area contributed by atoms with Crippen molar-refractivity contribution in [3.05, 3.63) is 75.8 Å². The Labute approximate surface area is 148 Å². The van der Waals surface area contributed by atoms with E-state index in [1.807, 2.05) is 6.07 Å². The van der Waals surface area contributed by atoms with Crippen molar-refractivity contribution in [3.8, 4) is 0 Å². The van der Waals surface area contributed by atoms with Crippen LogP contribution < -0.4 is 5.32 Å². The van der Waals surface area contributed by atoms with E-state index in [0.717, 1.165) is 5.56 Å². The van der Waals surface area contributed by atoms with E-state index in [2.05, 4.69) is 5.32 Å². The molecule has 2 rings (SSSR count). The Morgan fingerprint density at radius 3 is 2.35 bits per heavy atom. The fourth-order valence-electron chi connectivity index (χ4n) is 2.13. The van der Waals surface area contributed by atoms with E-state index < -0.39 is 35.5 Å². The number of esters is 1. The molecular formula is C18H16N2O6. The van der Waals surface area contributed by atoms with Crippen molar-refractivity contribution < 1.29 is 24.0 Å². The van der Waals surface area contributed by atoms with Crippen molar-refractivity contribution in [2.75, 3.05) is 6.54 Å². The summed E-state index contributed by atoms with van der Waals surface area (Å²) in [5.41, 5.74) is 0.680. The first-order chi connectivity index (χ1) is 12.5. The minimum absolute atomic E-state index is 0.0553. The zero-order valence-corrected chi connectivity index (χ0v) is 13.7. The number of carbonyl (C=O) groups excluding carboxylic acids is 3. The van der Waals surface area contributed by atoms with Gasteiger partial charge in [0.1, 0.15) is 13.2 Å². The van der Waals surface area contributed by atoms with Gasteiger partial charge in [-0.15, -0.1) is 0 Å². The maximum Gasteiger partial charge on any atom is 0.325 e. The number of nitro benzene ring substituents is 1. The van der Waals surface area contributed by atoms with Gasteiger partial charge < -0.3 is 10.1 Å². The van der Waals surface area contributed by atoms with Crippen LogP contribution in [-0.4, -0.2) is 29.1 Å². The van der Waals surface area contributed by atoms with Crippen molar-refractivity contribution in [1.29, 1.82) is 0 Å². The number of amides is 1. The lowest BCUT2D eigenvalue weighted by Crippen LogP contribution is -2.36. The normalized spacial score (nSPS) is 10.0. The molecule has 0 aliphatic heterocycles. The minimum atomic E-state index is -1.00. The van der Waals surface area contributed by atoms with E-state index >= 15 is 0 Å². The Morgan fingerprint density at radius 1 is 1.00 bits per heavy atom. The van der Waals surface area contributed by atoms with Gasteiger partial charge in [0.05, 0.1) is 4.92 Å². The fraction of sp³-hybridized carbons (Fsp3) is 0.167. The number of carbonyl (C=O) groups is 3. The molecular weight excluding hydrogens is 340 g/mol. The van der Waals surface area contributed by atoms with Crippen molar-refractivity contribution >= 4 is 23.3 Å². The molecule has 0 fully saturated rings. The second-order valence-electron chi connectivity index (χ2n) is 5.31. The van der Waals surface area contributed by atoms with Crippen LogP contribution >= 0.6 is 0 Å². The number of nitrogens with one attached hydrogen (secondary N) is 1. The molecule has 1 N–H and O–H groups in total. The number of ketones is 1. The Hall–Kier alpha value is -3.55. The summed E-state index contributed by atoms with van der Waals surface area (Å²) in [6, 6.07) is 14.6. The Kier molecular flexibility index (Phi) is 6.55. The van der Waals surface area contributed by atoms with Gasteiger partial charge in [-0.05, 0) is 5.56 Å². The van der Waals surface area contributed by atoms with Gasteiger partial charge in [0.25, 0.3) is 11.6 Å². The van der Waals surface area contributed by atoms with Crippen molar-refractivity contribution in [1.82, 2.24) is 5.32 Å². The fourth-order valence-corrected chi connectivity index (χ4v) is 2.13. The molecule has 0 heterocycles. The first-order valence-electron chi connectivity index (χ1n) is 7.70. The maximum absolute atomic E-state index is 11.9. The van der Waals surface area contributed by atoms with E-state index in [1.54, 1.807) is 24.3 Å². The summed E-state index contributed by atoms with van der Waals surface area (Å²) >= 11 is 0. The highest BCUT2D eigenvalue weighted by atomic mass is 16.6. The van der Waals surface area contributed by atoms with Gasteiger partial charge in [-0.2, -0.15) is 0 Å². The molecule has 0 aliphatic carbocycles. The predicted molar refractivity (Wildman–Crippen MR) is 91.1 cm³/mol. The molecule has 0 unspecified atom stereocenters. The standard InChI is InChI=1S/C18H16N2O6/c21-16(10-14-8-4-5-9-15(14)20(24)25)18(23)19-11-17(22)26-12-13-6-2-1-3-7-13/h1-9H,10-12H2,(H,19,23). The van der Waals surface area contributed by atoms with Crippen LogP contribution in [0.1, 0.15) is 11.1 Å². The lowest BCUT2D eigenvalue weighted by Gasteiger charge is -2.06. The van der Waals surface area contributed by atoms with E-state index in [-0.39, 0.29) is 17.9 Å². The van der Waals surface area contributed by atoms with Gasteiger partial charge in [-0.3, -0.25) is 24.5 Å². The number of nitro groups is 1. The molecule has 0 bridgehead atoms. The van der Waals surface area contributed by atoms with Crippen LogP contribution in [0.15, 0.2) is 54.6 Å². The number of hydrogen-bond donors (Lipinski definition) is 1. The second kappa shape index (κ2) is 9.07. The summed E-state index contributed by atoms with van der Waals surface area (Å²) in [7, 11) is 0. The third-order valence-electron chi connectivity index (χ3n) is 3.43. The third kappa shape index (κ3) is 5.52. The molecule has 0 spiro atoms. The minimum Gasteiger partial charge on any atom is -0.460 e. The maximum atomic E-state index is 11.9. The number of benzene rings is 2. The van der Waals surface area contributed by atoms with Gasteiger partial charge in [-0.25, -0.2) is 0 Å². The molecule has 0 saturated heterocycles. The van der Waals surface area contributed by atoms with E-state index in [9.17, 15) is 24.5 Å². The van der Waals surface area contributed by atoms with Crippen LogP contribution in [-0.2, 0) is 32.1 Å². The van der Waals surface area contributed by atoms with E-state index in [1.165, 1.54) is 24.3 Å². The molecule has 26 heavy (non-hydrogen) atoms. The summed E-state index contributed by atoms with van der Waals surface area (Å²) in [5.74, 6) is -2.57. The van der Waals surface area contributed by atoms with Gasteiger partial charge in [0.2, 0.25) is 5.78 Å². The number of para-hydroxylation sites is 1. The highest BCUT2D eigenvalue weighted by Crippen LogP contribution is 2.18. The average Bonchev–Trinajstić information content (AvgIpc) is 2.65. The summed E-state index contributed by atoms with van der Waals surface area (Å²) in [6.45, 7) is -0.409. The highest BCUT2D eigenvalue weighted by molar-refractivity contribution is 6.36. The molecule has 2 aromatic rings. The Balaban J connectivity index is 1.81. The number of Topliss-reactive ketones (excluding diaryl/α,β-unsaturated/α-hetero) is 1. The highest BCUT2D eigenvalue weighted by Gasteiger charge is 2.20. The topological polar surface area (TPSA) is 116 Å². The van der Waals surface area contributed by atoms with Crippen molar-refractivity contribution in [2.45, 2.75) is 13.0 Å². The number of nitrogens with zero attached hydrogens (tertiary/aromatic N) is 1. The molecule has 2 aromatic carbocycles. The van der Waals surface area contributed by atoms with Crippen LogP contribution in [0.3, 0.4) is 0 Å². The van der Waals surface area contributed by atoms with Gasteiger partial charge >= 0.3 is 5.97 Å². The Morgan fingerprint density at radius 2 is 1.65 bits per heavy atom. The molecule has 1 amide bonds. The third-order valence-corrected chi connectivity index (χ3v) is 3.43. The van der Waals surface area contributed by atoms with Gasteiger partial charge in [0, 0.05) is 18.1 Å². The van der Waals surface area contributed by atoms with E-state index in [4.69, 9.17) is 4.74 Å².